The molecule has 12 rings (SSSR count). The Bertz CT molecular complexity index is 3300. The maximum atomic E-state index is 2.59. The van der Waals surface area contributed by atoms with Crippen LogP contribution in [0.25, 0.3) is 72.4 Å². The van der Waals surface area contributed by atoms with E-state index in [0.717, 1.165) is 12.8 Å². The molecular weight excluding hydrogens is 777 g/mol. The predicted octanol–water partition coefficient (Wildman–Crippen LogP) is 12.4. The highest BCUT2D eigenvalue weighted by Crippen LogP contribution is 2.44. The van der Waals surface area contributed by atoms with E-state index in [1.54, 1.807) is 0 Å². The third kappa shape index (κ3) is 5.92. The van der Waals surface area contributed by atoms with E-state index in [0.29, 0.717) is 0 Å². The first-order chi connectivity index (χ1) is 31.3. The molecule has 2 heterocycles. The highest BCUT2D eigenvalue weighted by Gasteiger charge is 2.42. The van der Waals surface area contributed by atoms with Crippen LogP contribution in [0.5, 0.6) is 0 Å². The van der Waals surface area contributed by atoms with E-state index in [-0.39, 0.29) is 0 Å². The molecule has 11 aromatic rings. The van der Waals surface area contributed by atoms with Crippen molar-refractivity contribution in [3.63, 3.8) is 0 Å². The van der Waals surface area contributed by atoms with Gasteiger partial charge in [0.2, 0.25) is 0 Å². The van der Waals surface area contributed by atoms with Crippen LogP contribution in [0.2, 0.25) is 0 Å². The van der Waals surface area contributed by atoms with Gasteiger partial charge in [0, 0.05) is 44.2 Å². The van der Waals surface area contributed by atoms with E-state index in [9.17, 15) is 0 Å². The number of fused-ring (bicyclic) bond motifs is 6. The number of para-hydroxylation sites is 2. The maximum Gasteiger partial charge on any atom is 0.179 e. The van der Waals surface area contributed by atoms with Crippen LogP contribution < -0.4 is 20.7 Å². The number of benzene rings is 9. The first-order valence-electron chi connectivity index (χ1n) is 22.1. The number of rotatable bonds is 8. The average molecular weight is 821 g/mol. The fraction of sp³-hybridized carbons (Fsp3) is 0.0333. The lowest BCUT2D eigenvalue weighted by Crippen LogP contribution is -2.74. The van der Waals surface area contributed by atoms with Gasteiger partial charge in [0.1, 0.15) is 0 Å². The second kappa shape index (κ2) is 15.3. The van der Waals surface area contributed by atoms with E-state index in [4.69, 9.17) is 0 Å². The molecule has 0 N–H and O–H groups in total. The van der Waals surface area contributed by atoms with Crippen LogP contribution in [0.15, 0.2) is 237 Å². The van der Waals surface area contributed by atoms with Crippen LogP contribution in [-0.4, -0.2) is 17.2 Å². The molecule has 1 aliphatic carbocycles. The zero-order valence-electron chi connectivity index (χ0n) is 34.9. The van der Waals surface area contributed by atoms with E-state index in [2.05, 4.69) is 252 Å². The minimum atomic E-state index is -2.95. The second-order valence-corrected chi connectivity index (χ2v) is 20.5. The summed E-state index contributed by atoms with van der Waals surface area (Å²) in [5.41, 5.74) is 13.5. The number of allylic oxidation sites excluding steroid dienone is 1. The summed E-state index contributed by atoms with van der Waals surface area (Å²) in [6, 6.07) is 86.1. The van der Waals surface area contributed by atoms with Gasteiger partial charge >= 0.3 is 0 Å². The molecule has 1 aliphatic rings. The summed E-state index contributed by atoms with van der Waals surface area (Å²) in [6.45, 7) is 0. The fourth-order valence-electron chi connectivity index (χ4n) is 10.6. The van der Waals surface area contributed by atoms with Gasteiger partial charge in [-0.1, -0.05) is 212 Å². The molecule has 0 atom stereocenters. The van der Waals surface area contributed by atoms with Gasteiger partial charge in [-0.05, 0) is 75.0 Å². The minimum Gasteiger partial charge on any atom is -0.313 e. The second-order valence-electron chi connectivity index (χ2n) is 16.7. The van der Waals surface area contributed by atoms with Crippen molar-refractivity contribution in [1.82, 2.24) is 9.13 Å². The molecule has 0 saturated heterocycles. The van der Waals surface area contributed by atoms with E-state index in [1.165, 1.54) is 98.3 Å². The molecule has 0 fully saturated rings. The van der Waals surface area contributed by atoms with Crippen molar-refractivity contribution >= 4 is 67.6 Å². The number of hydrogen-bond donors (Lipinski definition) is 0. The van der Waals surface area contributed by atoms with Crippen molar-refractivity contribution in [2.45, 2.75) is 12.8 Å². The summed E-state index contributed by atoms with van der Waals surface area (Å²) in [4.78, 5) is 0. The van der Waals surface area contributed by atoms with E-state index < -0.39 is 8.07 Å². The summed E-state index contributed by atoms with van der Waals surface area (Å²) in [5, 5.41) is 9.18. The summed E-state index contributed by atoms with van der Waals surface area (Å²) < 4.78 is 5.11. The Kier molecular flexibility index (Phi) is 9.02. The van der Waals surface area contributed by atoms with Gasteiger partial charge in [-0.15, -0.1) is 0 Å². The molecule has 3 heteroatoms. The van der Waals surface area contributed by atoms with Gasteiger partial charge in [0.15, 0.2) is 8.07 Å². The molecule has 0 amide bonds. The SMILES string of the molecule is C1=Cc2c(n(-c3ccccc3)c3cc4c5ccccc5n(-c5c(-c6ccccc6)cc([Si](c6ccccc6)(c6ccccc6)c6ccccc6)cc5-c5ccccc5)c4cc23)CC1. The standard InChI is InChI=1S/C60H44N2Si/c1-7-23-43(24-8-1)52-39-49(63(46-29-13-4-14-30-46,47-31-15-5-16-32-47)48-33-17-6-18-34-48)40-53(44-25-9-2-10-26-44)60(52)62-57-38-22-20-36-51(57)55-41-58-54(42-59(55)62)50-35-19-21-37-56(50)61(58)45-27-11-3-12-28-45/h1-20,22-36,38-42H,21,37H2. The third-order valence-electron chi connectivity index (χ3n) is 13.3. The Morgan fingerprint density at radius 2 is 0.825 bits per heavy atom. The number of hydrogen-bond acceptors (Lipinski definition) is 0. The van der Waals surface area contributed by atoms with Gasteiger partial charge in [0.25, 0.3) is 0 Å². The molecule has 0 aliphatic heterocycles. The lowest BCUT2D eigenvalue weighted by Gasteiger charge is -2.36. The number of nitrogens with zero attached hydrogens (tertiary/aromatic N) is 2. The lowest BCUT2D eigenvalue weighted by atomic mass is 9.95. The molecule has 2 nitrogen and oxygen atoms in total. The van der Waals surface area contributed by atoms with Crippen molar-refractivity contribution in [2.75, 3.05) is 0 Å². The van der Waals surface area contributed by atoms with Gasteiger partial charge < -0.3 is 9.13 Å². The maximum absolute atomic E-state index is 2.95. The molecule has 9 aromatic carbocycles. The fourth-order valence-corrected chi connectivity index (χ4v) is 15.4. The Labute approximate surface area is 369 Å². The van der Waals surface area contributed by atoms with Crippen molar-refractivity contribution in [3.05, 3.63) is 248 Å². The third-order valence-corrected chi connectivity index (χ3v) is 18.1. The van der Waals surface area contributed by atoms with Crippen molar-refractivity contribution in [3.8, 4) is 33.6 Å². The molecule has 0 bridgehead atoms. The monoisotopic (exact) mass is 820 g/mol. The summed E-state index contributed by atoms with van der Waals surface area (Å²) in [7, 11) is -2.95. The zero-order chi connectivity index (χ0) is 41.7. The largest absolute Gasteiger partial charge is 0.313 e. The smallest absolute Gasteiger partial charge is 0.179 e. The number of aromatic nitrogens is 2. The Hall–Kier alpha value is -7.72. The van der Waals surface area contributed by atoms with Gasteiger partial charge in [-0.3, -0.25) is 0 Å². The predicted molar refractivity (Wildman–Crippen MR) is 269 cm³/mol. The Morgan fingerprint density at radius 3 is 1.38 bits per heavy atom. The Morgan fingerprint density at radius 1 is 0.365 bits per heavy atom. The molecule has 0 radical (unpaired) electrons. The minimum absolute atomic E-state index is 1.01. The van der Waals surface area contributed by atoms with E-state index >= 15 is 0 Å². The summed E-state index contributed by atoms with van der Waals surface area (Å²) in [5.74, 6) is 0. The van der Waals surface area contributed by atoms with Gasteiger partial charge in [-0.25, -0.2) is 0 Å². The summed E-state index contributed by atoms with van der Waals surface area (Å²) >= 11 is 0. The quantitative estimate of drug-likeness (QED) is 0.107. The molecule has 2 aromatic heterocycles. The molecule has 0 unspecified atom stereocenters. The molecular formula is C60H44N2Si. The average Bonchev–Trinajstić information content (AvgIpc) is 3.87. The molecule has 0 spiro atoms. The zero-order valence-corrected chi connectivity index (χ0v) is 35.9. The van der Waals surface area contributed by atoms with Crippen LogP contribution in [0.1, 0.15) is 17.7 Å². The molecule has 0 saturated carbocycles. The normalized spacial score (nSPS) is 12.6. The summed E-state index contributed by atoms with van der Waals surface area (Å²) in [6.07, 6.45) is 6.75. The van der Waals surface area contributed by atoms with Gasteiger partial charge in [-0.2, -0.15) is 0 Å². The van der Waals surface area contributed by atoms with Gasteiger partial charge in [0.05, 0.1) is 22.2 Å². The lowest BCUT2D eigenvalue weighted by molar-refractivity contribution is 0.889. The first-order valence-corrected chi connectivity index (χ1v) is 24.1. The molecule has 63 heavy (non-hydrogen) atoms. The van der Waals surface area contributed by atoms with E-state index in [1.807, 2.05) is 0 Å². The van der Waals surface area contributed by atoms with Crippen molar-refractivity contribution in [2.24, 2.45) is 0 Å². The first kappa shape index (κ1) is 37.1. The topological polar surface area (TPSA) is 9.86 Å². The Balaban J connectivity index is 1.26. The van der Waals surface area contributed by atoms with Crippen LogP contribution in [0, 0.1) is 0 Å². The van der Waals surface area contributed by atoms with Crippen LogP contribution in [0.3, 0.4) is 0 Å². The van der Waals surface area contributed by atoms with Crippen molar-refractivity contribution < 1.29 is 0 Å². The molecule has 298 valence electrons. The van der Waals surface area contributed by atoms with Crippen LogP contribution in [0.4, 0.5) is 0 Å². The van der Waals surface area contributed by atoms with Crippen molar-refractivity contribution in [1.29, 1.82) is 0 Å². The highest BCUT2D eigenvalue weighted by atomic mass is 28.3. The van der Waals surface area contributed by atoms with Crippen LogP contribution in [-0.2, 0) is 6.42 Å². The van der Waals surface area contributed by atoms with Crippen LogP contribution >= 0.6 is 0 Å². The highest BCUT2D eigenvalue weighted by molar-refractivity contribution is 7.20.